The maximum absolute atomic E-state index is 4.65. The highest BCUT2D eigenvalue weighted by Gasteiger charge is 2.05. The molecular formula is C17H16N2S. The van der Waals surface area contributed by atoms with Gasteiger partial charge in [0.1, 0.15) is 0 Å². The van der Waals surface area contributed by atoms with Crippen LogP contribution in [0.3, 0.4) is 0 Å². The van der Waals surface area contributed by atoms with E-state index in [9.17, 15) is 0 Å². The van der Waals surface area contributed by atoms with Crippen LogP contribution in [0.25, 0.3) is 11.3 Å². The number of hydrogen-bond acceptors (Lipinski definition) is 3. The molecule has 1 heterocycles. The van der Waals surface area contributed by atoms with E-state index in [1.165, 1.54) is 11.1 Å². The van der Waals surface area contributed by atoms with E-state index in [-0.39, 0.29) is 0 Å². The lowest BCUT2D eigenvalue weighted by atomic mass is 10.1. The van der Waals surface area contributed by atoms with Gasteiger partial charge in [0.2, 0.25) is 0 Å². The van der Waals surface area contributed by atoms with E-state index in [1.807, 2.05) is 18.2 Å². The number of benzene rings is 2. The zero-order chi connectivity index (χ0) is 13.9. The largest absolute Gasteiger partial charge is 0.331 e. The van der Waals surface area contributed by atoms with Crippen LogP contribution in [0.4, 0.5) is 10.8 Å². The molecule has 3 aromatic rings. The Hall–Kier alpha value is -2.13. The van der Waals surface area contributed by atoms with Crippen LogP contribution in [0.2, 0.25) is 0 Å². The van der Waals surface area contributed by atoms with Crippen LogP contribution in [0.5, 0.6) is 0 Å². The van der Waals surface area contributed by atoms with Crippen molar-refractivity contribution in [2.45, 2.75) is 13.8 Å². The molecule has 2 aromatic carbocycles. The maximum Gasteiger partial charge on any atom is 0.187 e. The molecule has 0 amide bonds. The number of nitrogens with zero attached hydrogens (tertiary/aromatic N) is 1. The average Bonchev–Trinajstić information content (AvgIpc) is 2.92. The van der Waals surface area contributed by atoms with E-state index < -0.39 is 0 Å². The maximum atomic E-state index is 4.65. The van der Waals surface area contributed by atoms with Gasteiger partial charge in [0.15, 0.2) is 5.13 Å². The van der Waals surface area contributed by atoms with Crippen molar-refractivity contribution in [3.8, 4) is 11.3 Å². The van der Waals surface area contributed by atoms with Crippen LogP contribution in [-0.2, 0) is 0 Å². The van der Waals surface area contributed by atoms with Gasteiger partial charge in [-0.15, -0.1) is 11.3 Å². The quantitative estimate of drug-likeness (QED) is 0.716. The lowest BCUT2D eigenvalue weighted by Crippen LogP contribution is -1.93. The van der Waals surface area contributed by atoms with Gasteiger partial charge >= 0.3 is 0 Å². The molecule has 1 aromatic heterocycles. The summed E-state index contributed by atoms with van der Waals surface area (Å²) in [6.45, 7) is 4.20. The highest BCUT2D eigenvalue weighted by molar-refractivity contribution is 7.14. The Morgan fingerprint density at radius 1 is 1.00 bits per heavy atom. The van der Waals surface area contributed by atoms with Crippen molar-refractivity contribution in [3.63, 3.8) is 0 Å². The SMILES string of the molecule is Cc1ccc(C)c(Nc2nc(-c3ccccc3)cs2)c1. The molecule has 0 aliphatic carbocycles. The van der Waals surface area contributed by atoms with Gasteiger partial charge in [-0.2, -0.15) is 0 Å². The van der Waals surface area contributed by atoms with Gasteiger partial charge in [-0.25, -0.2) is 4.98 Å². The molecule has 0 radical (unpaired) electrons. The summed E-state index contributed by atoms with van der Waals surface area (Å²) in [5, 5.41) is 6.42. The Morgan fingerprint density at radius 2 is 1.80 bits per heavy atom. The first kappa shape index (κ1) is 12.9. The van der Waals surface area contributed by atoms with Gasteiger partial charge in [-0.3, -0.25) is 0 Å². The van der Waals surface area contributed by atoms with Crippen molar-refractivity contribution in [2.75, 3.05) is 5.32 Å². The first-order valence-corrected chi connectivity index (χ1v) is 7.45. The minimum absolute atomic E-state index is 0.928. The van der Waals surface area contributed by atoms with Crippen molar-refractivity contribution in [3.05, 3.63) is 65.0 Å². The smallest absolute Gasteiger partial charge is 0.187 e. The van der Waals surface area contributed by atoms with Gasteiger partial charge in [-0.05, 0) is 31.0 Å². The molecule has 20 heavy (non-hydrogen) atoms. The fraction of sp³-hybridized carbons (Fsp3) is 0.118. The standard InChI is InChI=1S/C17H16N2S/c1-12-8-9-13(2)15(10-12)18-17-19-16(11-20-17)14-6-4-3-5-7-14/h3-11H,1-2H3,(H,18,19). The molecule has 0 bridgehead atoms. The summed E-state index contributed by atoms with van der Waals surface area (Å²) in [7, 11) is 0. The monoisotopic (exact) mass is 280 g/mol. The second-order valence-corrected chi connectivity index (χ2v) is 5.71. The zero-order valence-corrected chi connectivity index (χ0v) is 12.4. The lowest BCUT2D eigenvalue weighted by Gasteiger charge is -2.07. The molecule has 0 unspecified atom stereocenters. The van der Waals surface area contributed by atoms with Crippen LogP contribution >= 0.6 is 11.3 Å². The Kier molecular flexibility index (Phi) is 3.52. The van der Waals surface area contributed by atoms with Crippen LogP contribution in [0, 0.1) is 13.8 Å². The molecule has 0 saturated heterocycles. The van der Waals surface area contributed by atoms with Gasteiger partial charge in [0.25, 0.3) is 0 Å². The Balaban J connectivity index is 1.86. The number of rotatable bonds is 3. The second kappa shape index (κ2) is 5.47. The van der Waals surface area contributed by atoms with Gasteiger partial charge < -0.3 is 5.32 Å². The van der Waals surface area contributed by atoms with Gasteiger partial charge in [0, 0.05) is 16.6 Å². The molecule has 3 rings (SSSR count). The third-order valence-electron chi connectivity index (χ3n) is 3.21. The Morgan fingerprint density at radius 3 is 2.60 bits per heavy atom. The number of aryl methyl sites for hydroxylation is 2. The molecule has 0 spiro atoms. The van der Waals surface area contributed by atoms with E-state index in [1.54, 1.807) is 11.3 Å². The third-order valence-corrected chi connectivity index (χ3v) is 3.97. The third kappa shape index (κ3) is 2.73. The number of aromatic nitrogens is 1. The number of nitrogens with one attached hydrogen (secondary N) is 1. The van der Waals surface area contributed by atoms with E-state index in [0.717, 1.165) is 22.1 Å². The van der Waals surface area contributed by atoms with Crippen molar-refractivity contribution < 1.29 is 0 Å². The summed E-state index contributed by atoms with van der Waals surface area (Å²) >= 11 is 1.63. The summed E-state index contributed by atoms with van der Waals surface area (Å²) in [6, 6.07) is 16.7. The highest BCUT2D eigenvalue weighted by atomic mass is 32.1. The molecule has 100 valence electrons. The van der Waals surface area contributed by atoms with Crippen LogP contribution in [-0.4, -0.2) is 4.98 Å². The van der Waals surface area contributed by atoms with E-state index in [4.69, 9.17) is 0 Å². The summed E-state index contributed by atoms with van der Waals surface area (Å²) in [5.74, 6) is 0. The highest BCUT2D eigenvalue weighted by Crippen LogP contribution is 2.28. The Labute approximate surface area is 123 Å². The second-order valence-electron chi connectivity index (χ2n) is 4.85. The fourth-order valence-corrected chi connectivity index (χ4v) is 2.79. The van der Waals surface area contributed by atoms with E-state index in [0.29, 0.717) is 0 Å². The summed E-state index contributed by atoms with van der Waals surface area (Å²) in [4.78, 5) is 4.65. The molecule has 0 saturated carbocycles. The van der Waals surface area contributed by atoms with Crippen molar-refractivity contribution in [1.82, 2.24) is 4.98 Å². The van der Waals surface area contributed by atoms with E-state index >= 15 is 0 Å². The normalized spacial score (nSPS) is 10.5. The van der Waals surface area contributed by atoms with Crippen LogP contribution < -0.4 is 5.32 Å². The molecular weight excluding hydrogens is 264 g/mol. The number of thiazole rings is 1. The topological polar surface area (TPSA) is 24.9 Å². The van der Waals surface area contributed by atoms with Crippen molar-refractivity contribution >= 4 is 22.2 Å². The lowest BCUT2D eigenvalue weighted by molar-refractivity contribution is 1.34. The minimum atomic E-state index is 0.928. The molecule has 0 fully saturated rings. The summed E-state index contributed by atoms with van der Waals surface area (Å²) in [6.07, 6.45) is 0. The van der Waals surface area contributed by atoms with Crippen molar-refractivity contribution in [1.29, 1.82) is 0 Å². The molecule has 3 heteroatoms. The summed E-state index contributed by atoms with van der Waals surface area (Å²) < 4.78 is 0. The number of anilines is 2. The minimum Gasteiger partial charge on any atom is -0.331 e. The molecule has 2 nitrogen and oxygen atoms in total. The van der Waals surface area contributed by atoms with Crippen LogP contribution in [0.15, 0.2) is 53.9 Å². The predicted molar refractivity (Wildman–Crippen MR) is 86.7 cm³/mol. The first-order chi connectivity index (χ1) is 9.72. The number of hydrogen-bond donors (Lipinski definition) is 1. The van der Waals surface area contributed by atoms with Crippen LogP contribution in [0.1, 0.15) is 11.1 Å². The molecule has 0 aliphatic heterocycles. The Bertz CT molecular complexity index is 717. The molecule has 1 N–H and O–H groups in total. The first-order valence-electron chi connectivity index (χ1n) is 6.57. The van der Waals surface area contributed by atoms with Gasteiger partial charge in [-0.1, -0.05) is 42.5 Å². The van der Waals surface area contributed by atoms with Crippen molar-refractivity contribution in [2.24, 2.45) is 0 Å². The zero-order valence-electron chi connectivity index (χ0n) is 11.6. The summed E-state index contributed by atoms with van der Waals surface area (Å²) in [5.41, 5.74) is 5.77. The predicted octanol–water partition coefficient (Wildman–Crippen LogP) is 5.17. The fourth-order valence-electron chi connectivity index (χ4n) is 2.06. The molecule has 0 atom stereocenters. The average molecular weight is 280 g/mol. The van der Waals surface area contributed by atoms with E-state index in [2.05, 4.69) is 59.9 Å². The van der Waals surface area contributed by atoms with Gasteiger partial charge in [0.05, 0.1) is 5.69 Å². The molecule has 0 aliphatic rings.